The Bertz CT molecular complexity index is 514. The van der Waals surface area contributed by atoms with E-state index in [-0.39, 0.29) is 5.91 Å². The minimum Gasteiger partial charge on any atom is -0.376 e. The Morgan fingerprint density at radius 2 is 2.43 bits per heavy atom. The van der Waals surface area contributed by atoms with E-state index in [1.807, 2.05) is 29.8 Å². The van der Waals surface area contributed by atoms with Crippen LogP contribution in [0.25, 0.3) is 0 Å². The van der Waals surface area contributed by atoms with Crippen molar-refractivity contribution in [2.75, 3.05) is 20.1 Å². The molecule has 21 heavy (non-hydrogen) atoms. The first-order valence-corrected chi connectivity index (χ1v) is 7.69. The van der Waals surface area contributed by atoms with Crippen LogP contribution in [0.4, 0.5) is 0 Å². The van der Waals surface area contributed by atoms with Gasteiger partial charge < -0.3 is 14.4 Å². The summed E-state index contributed by atoms with van der Waals surface area (Å²) in [6.07, 6.45) is 6.71. The van der Waals surface area contributed by atoms with Crippen molar-refractivity contribution >= 4 is 17.5 Å². The third-order valence-corrected chi connectivity index (χ3v) is 4.55. The predicted molar refractivity (Wildman–Crippen MR) is 84.1 cm³/mol. The smallest absolute Gasteiger partial charge is 0.223 e. The molecule has 2 rings (SSSR count). The molecule has 0 N–H and O–H groups in total. The molecule has 0 aliphatic carbocycles. The number of likely N-dealkylation sites (N-methyl/N-ethyl adjacent to an activating group) is 1. The molecule has 1 aliphatic heterocycles. The van der Waals surface area contributed by atoms with E-state index < -0.39 is 0 Å². The maximum absolute atomic E-state index is 12.4. The Hall–Kier alpha value is -1.49. The van der Waals surface area contributed by atoms with Gasteiger partial charge in [0.05, 0.1) is 6.20 Å². The lowest BCUT2D eigenvalue weighted by molar-refractivity contribution is -0.133. The molecule has 0 saturated carbocycles. The molecule has 1 aromatic rings. The van der Waals surface area contributed by atoms with Crippen molar-refractivity contribution in [1.82, 2.24) is 19.4 Å². The molecule has 116 valence electrons. The molecule has 0 radical (unpaired) electrons. The van der Waals surface area contributed by atoms with Crippen LogP contribution in [0.2, 0.25) is 5.15 Å². The molecule has 1 aromatic heterocycles. The first kappa shape index (κ1) is 15.9. The number of carbonyl (C=O) groups excluding carboxylic acids is 1. The van der Waals surface area contributed by atoms with Crippen molar-refractivity contribution < 1.29 is 4.79 Å². The number of amides is 1. The molecular formula is C15H23ClN4O. The Morgan fingerprint density at radius 1 is 1.67 bits per heavy atom. The van der Waals surface area contributed by atoms with Gasteiger partial charge in [0, 0.05) is 46.1 Å². The zero-order valence-electron chi connectivity index (χ0n) is 12.8. The van der Waals surface area contributed by atoms with Gasteiger partial charge in [0.1, 0.15) is 11.0 Å². The van der Waals surface area contributed by atoms with Crippen LogP contribution in [-0.2, 0) is 18.3 Å². The molecule has 1 atom stereocenters. The fourth-order valence-corrected chi connectivity index (χ4v) is 2.84. The standard InChI is InChI=1S/C15H23ClN4O/c1-4-18(2)12-6-5-9-20(11-12)15(21)8-7-14-17-10-13(16)19(14)3/h4,10,12H,1,5-9,11H2,2-3H3/t12-/m0/s1. The number of imidazole rings is 1. The zero-order valence-corrected chi connectivity index (χ0v) is 13.5. The second kappa shape index (κ2) is 6.98. The van der Waals surface area contributed by atoms with Crippen LogP contribution in [0.3, 0.4) is 0 Å². The lowest BCUT2D eigenvalue weighted by Gasteiger charge is -2.37. The van der Waals surface area contributed by atoms with Gasteiger partial charge in [-0.25, -0.2) is 4.98 Å². The first-order chi connectivity index (χ1) is 10.0. The lowest BCUT2D eigenvalue weighted by Crippen LogP contribution is -2.47. The summed E-state index contributed by atoms with van der Waals surface area (Å²) in [4.78, 5) is 20.6. The van der Waals surface area contributed by atoms with Crippen LogP contribution in [0.5, 0.6) is 0 Å². The molecule has 0 bridgehead atoms. The summed E-state index contributed by atoms with van der Waals surface area (Å²) in [7, 11) is 3.88. The van der Waals surface area contributed by atoms with Gasteiger partial charge in [-0.15, -0.1) is 0 Å². The van der Waals surface area contributed by atoms with Crippen molar-refractivity contribution in [3.8, 4) is 0 Å². The molecular weight excluding hydrogens is 288 g/mol. The zero-order chi connectivity index (χ0) is 15.4. The second-order valence-electron chi connectivity index (χ2n) is 5.54. The minimum atomic E-state index is 0.191. The average molecular weight is 311 g/mol. The Labute approximate surface area is 131 Å². The molecule has 2 heterocycles. The fourth-order valence-electron chi connectivity index (χ4n) is 2.70. The van der Waals surface area contributed by atoms with E-state index >= 15 is 0 Å². The van der Waals surface area contributed by atoms with E-state index in [9.17, 15) is 4.79 Å². The van der Waals surface area contributed by atoms with Gasteiger partial charge in [-0.3, -0.25) is 4.79 Å². The Morgan fingerprint density at radius 3 is 3.05 bits per heavy atom. The quantitative estimate of drug-likeness (QED) is 0.836. The van der Waals surface area contributed by atoms with Crippen LogP contribution in [-0.4, -0.2) is 51.4 Å². The van der Waals surface area contributed by atoms with Crippen molar-refractivity contribution in [3.63, 3.8) is 0 Å². The van der Waals surface area contributed by atoms with Gasteiger partial charge in [0.25, 0.3) is 0 Å². The summed E-state index contributed by atoms with van der Waals surface area (Å²) in [5, 5.41) is 0.600. The average Bonchev–Trinajstić information content (AvgIpc) is 2.83. The minimum absolute atomic E-state index is 0.191. The maximum atomic E-state index is 12.4. The number of aryl methyl sites for hydroxylation is 1. The van der Waals surface area contributed by atoms with Gasteiger partial charge in [-0.05, 0) is 19.0 Å². The molecule has 0 spiro atoms. The Balaban J connectivity index is 1.88. The van der Waals surface area contributed by atoms with E-state index in [1.165, 1.54) is 0 Å². The number of piperidine rings is 1. The Kier molecular flexibility index (Phi) is 5.28. The monoisotopic (exact) mass is 310 g/mol. The molecule has 6 heteroatoms. The first-order valence-electron chi connectivity index (χ1n) is 7.31. The fraction of sp³-hybridized carbons (Fsp3) is 0.600. The van der Waals surface area contributed by atoms with E-state index in [0.29, 0.717) is 24.0 Å². The normalized spacial score (nSPS) is 18.6. The van der Waals surface area contributed by atoms with Crippen LogP contribution in [0.1, 0.15) is 25.1 Å². The molecule has 0 unspecified atom stereocenters. The van der Waals surface area contributed by atoms with E-state index in [1.54, 1.807) is 6.20 Å². The number of hydrogen-bond acceptors (Lipinski definition) is 3. The van der Waals surface area contributed by atoms with E-state index in [2.05, 4.69) is 16.5 Å². The highest BCUT2D eigenvalue weighted by atomic mass is 35.5. The SMILES string of the molecule is C=CN(C)[C@H]1CCCN(C(=O)CCc2ncc(Cl)n2C)C1. The van der Waals surface area contributed by atoms with Gasteiger partial charge >= 0.3 is 0 Å². The van der Waals surface area contributed by atoms with Gasteiger partial charge in [0.2, 0.25) is 5.91 Å². The topological polar surface area (TPSA) is 41.4 Å². The largest absolute Gasteiger partial charge is 0.376 e. The number of nitrogens with zero attached hydrogens (tertiary/aromatic N) is 4. The highest BCUT2D eigenvalue weighted by Crippen LogP contribution is 2.17. The second-order valence-corrected chi connectivity index (χ2v) is 5.93. The van der Waals surface area contributed by atoms with Gasteiger partial charge in [-0.1, -0.05) is 18.2 Å². The molecule has 1 fully saturated rings. The van der Waals surface area contributed by atoms with Crippen molar-refractivity contribution in [2.24, 2.45) is 7.05 Å². The van der Waals surface area contributed by atoms with Crippen LogP contribution >= 0.6 is 11.6 Å². The van der Waals surface area contributed by atoms with Crippen LogP contribution in [0.15, 0.2) is 19.0 Å². The molecule has 1 saturated heterocycles. The summed E-state index contributed by atoms with van der Waals surface area (Å²) in [6.45, 7) is 5.42. The van der Waals surface area contributed by atoms with E-state index in [0.717, 1.165) is 31.8 Å². The number of hydrogen-bond donors (Lipinski definition) is 0. The summed E-state index contributed by atoms with van der Waals surface area (Å²) in [5.41, 5.74) is 0. The maximum Gasteiger partial charge on any atom is 0.223 e. The third-order valence-electron chi connectivity index (χ3n) is 4.20. The molecule has 1 amide bonds. The highest BCUT2D eigenvalue weighted by molar-refractivity contribution is 6.29. The number of aromatic nitrogens is 2. The number of likely N-dealkylation sites (tertiary alicyclic amines) is 1. The van der Waals surface area contributed by atoms with Gasteiger partial charge in [0.15, 0.2) is 0 Å². The summed E-state index contributed by atoms with van der Waals surface area (Å²) < 4.78 is 1.82. The molecule has 5 nitrogen and oxygen atoms in total. The van der Waals surface area contributed by atoms with Gasteiger partial charge in [-0.2, -0.15) is 0 Å². The van der Waals surface area contributed by atoms with E-state index in [4.69, 9.17) is 11.6 Å². The number of rotatable bonds is 5. The summed E-state index contributed by atoms with van der Waals surface area (Å²) in [6, 6.07) is 0.378. The third kappa shape index (κ3) is 3.79. The predicted octanol–water partition coefficient (Wildman–Crippen LogP) is 2.07. The van der Waals surface area contributed by atoms with Crippen LogP contribution < -0.4 is 0 Å². The highest BCUT2D eigenvalue weighted by Gasteiger charge is 2.25. The van der Waals surface area contributed by atoms with Crippen LogP contribution in [0, 0.1) is 0 Å². The summed E-state index contributed by atoms with van der Waals surface area (Å²) >= 11 is 5.95. The molecule has 1 aliphatic rings. The summed E-state index contributed by atoms with van der Waals surface area (Å²) in [5.74, 6) is 1.04. The van der Waals surface area contributed by atoms with Crippen molar-refractivity contribution in [3.05, 3.63) is 30.0 Å². The number of carbonyl (C=O) groups is 1. The number of halogens is 1. The lowest BCUT2D eigenvalue weighted by atomic mass is 10.0. The van der Waals surface area contributed by atoms with Crippen molar-refractivity contribution in [1.29, 1.82) is 0 Å². The van der Waals surface area contributed by atoms with Crippen molar-refractivity contribution in [2.45, 2.75) is 31.7 Å². The molecule has 0 aromatic carbocycles.